The summed E-state index contributed by atoms with van der Waals surface area (Å²) in [5, 5.41) is 0. The highest BCUT2D eigenvalue weighted by molar-refractivity contribution is 5.79. The van der Waals surface area contributed by atoms with Crippen LogP contribution in [0.5, 0.6) is 11.6 Å². The van der Waals surface area contributed by atoms with Crippen molar-refractivity contribution in [2.24, 2.45) is 0 Å². The van der Waals surface area contributed by atoms with Gasteiger partial charge >= 0.3 is 6.09 Å². The first-order valence-corrected chi connectivity index (χ1v) is 12.8. The molecule has 38 heavy (non-hydrogen) atoms. The summed E-state index contributed by atoms with van der Waals surface area (Å²) in [6, 6.07) is 19.8. The van der Waals surface area contributed by atoms with E-state index < -0.39 is 5.60 Å². The fourth-order valence-corrected chi connectivity index (χ4v) is 4.62. The fourth-order valence-electron chi connectivity index (χ4n) is 4.62. The van der Waals surface area contributed by atoms with Crippen molar-refractivity contribution in [3.63, 3.8) is 0 Å². The van der Waals surface area contributed by atoms with Crippen molar-refractivity contribution >= 4 is 6.09 Å². The zero-order valence-corrected chi connectivity index (χ0v) is 21.8. The number of ether oxygens (including phenoxy) is 2. The van der Waals surface area contributed by atoms with Gasteiger partial charge in [-0.15, -0.1) is 0 Å². The monoisotopic (exact) mass is 514 g/mol. The van der Waals surface area contributed by atoms with Gasteiger partial charge in [0.1, 0.15) is 17.2 Å². The van der Waals surface area contributed by atoms with Crippen LogP contribution >= 0.6 is 0 Å². The van der Waals surface area contributed by atoms with Crippen LogP contribution in [0.1, 0.15) is 39.7 Å². The Morgan fingerprint density at radius 1 is 0.947 bits per heavy atom. The standard InChI is InChI=1S/C30H31FN4O3/c1-30(2,3)38-29(36)34-17-14-24(15-18-34)35-20-33-27(21-9-11-23(31)12-10-21)28(35)22-13-16-32-26(19-22)37-25-7-5-4-6-8-25/h4-13,16,19-20,24H,14-15,17-18H2,1-3H3. The first-order valence-electron chi connectivity index (χ1n) is 12.8. The minimum absolute atomic E-state index is 0.122. The number of rotatable bonds is 5. The van der Waals surface area contributed by atoms with Crippen molar-refractivity contribution in [3.05, 3.63) is 85.1 Å². The Bertz CT molecular complexity index is 1390. The van der Waals surface area contributed by atoms with Gasteiger partial charge in [0, 0.05) is 42.5 Å². The normalized spacial score (nSPS) is 14.4. The first kappa shape index (κ1) is 25.4. The molecule has 2 aromatic carbocycles. The maximum Gasteiger partial charge on any atom is 0.410 e. The zero-order valence-electron chi connectivity index (χ0n) is 21.8. The van der Waals surface area contributed by atoms with E-state index in [0.29, 0.717) is 24.7 Å². The van der Waals surface area contributed by atoms with Gasteiger partial charge < -0.3 is 18.9 Å². The molecule has 7 nitrogen and oxygen atoms in total. The molecule has 0 unspecified atom stereocenters. The molecule has 0 saturated carbocycles. The number of amides is 1. The average molecular weight is 515 g/mol. The first-order chi connectivity index (χ1) is 18.3. The number of nitrogens with zero attached hydrogens (tertiary/aromatic N) is 4. The highest BCUT2D eigenvalue weighted by atomic mass is 19.1. The predicted molar refractivity (Wildman–Crippen MR) is 143 cm³/mol. The molecule has 0 aliphatic carbocycles. The second-order valence-corrected chi connectivity index (χ2v) is 10.4. The summed E-state index contributed by atoms with van der Waals surface area (Å²) < 4.78 is 27.4. The van der Waals surface area contributed by atoms with E-state index in [9.17, 15) is 9.18 Å². The summed E-state index contributed by atoms with van der Waals surface area (Å²) in [7, 11) is 0. The second-order valence-electron chi connectivity index (χ2n) is 10.4. The van der Waals surface area contributed by atoms with Gasteiger partial charge in [-0.25, -0.2) is 19.2 Å². The van der Waals surface area contributed by atoms with Gasteiger partial charge in [-0.05, 0) is 76.1 Å². The third kappa shape index (κ3) is 5.85. The van der Waals surface area contributed by atoms with Gasteiger partial charge in [0.2, 0.25) is 5.88 Å². The molecule has 0 atom stereocenters. The number of carbonyl (C=O) groups excluding carboxylic acids is 1. The maximum absolute atomic E-state index is 13.7. The molecule has 1 saturated heterocycles. The number of pyridine rings is 1. The van der Waals surface area contributed by atoms with E-state index >= 15 is 0 Å². The third-order valence-electron chi connectivity index (χ3n) is 6.39. The summed E-state index contributed by atoms with van der Waals surface area (Å²) >= 11 is 0. The molecule has 0 N–H and O–H groups in total. The van der Waals surface area contributed by atoms with E-state index in [4.69, 9.17) is 14.5 Å². The Morgan fingerprint density at radius 2 is 1.66 bits per heavy atom. The predicted octanol–water partition coefficient (Wildman–Crippen LogP) is 7.12. The van der Waals surface area contributed by atoms with Crippen LogP contribution in [-0.4, -0.2) is 44.2 Å². The number of carbonyl (C=O) groups is 1. The van der Waals surface area contributed by atoms with E-state index in [-0.39, 0.29) is 18.0 Å². The van der Waals surface area contributed by atoms with Crippen LogP contribution in [0, 0.1) is 5.82 Å². The lowest BCUT2D eigenvalue weighted by molar-refractivity contribution is 0.0189. The van der Waals surface area contributed by atoms with Crippen LogP contribution in [0.3, 0.4) is 0 Å². The van der Waals surface area contributed by atoms with Crippen molar-refractivity contribution in [3.8, 4) is 34.1 Å². The lowest BCUT2D eigenvalue weighted by atomic mass is 10.0. The average Bonchev–Trinajstić information content (AvgIpc) is 3.34. The molecule has 2 aromatic heterocycles. The van der Waals surface area contributed by atoms with Crippen LogP contribution in [0.2, 0.25) is 0 Å². The molecule has 3 heterocycles. The molecule has 1 fully saturated rings. The molecule has 0 radical (unpaired) electrons. The van der Waals surface area contributed by atoms with Gasteiger partial charge in [-0.1, -0.05) is 18.2 Å². The molecule has 1 amide bonds. The molecule has 8 heteroatoms. The van der Waals surface area contributed by atoms with Crippen LogP contribution in [-0.2, 0) is 4.74 Å². The molecular formula is C30H31FN4O3. The SMILES string of the molecule is CC(C)(C)OC(=O)N1CCC(n2cnc(-c3ccc(F)cc3)c2-c2ccnc(Oc3ccccc3)c2)CC1. The summed E-state index contributed by atoms with van der Waals surface area (Å²) in [6.07, 6.45) is 4.77. The van der Waals surface area contributed by atoms with Crippen molar-refractivity contribution in [1.29, 1.82) is 0 Å². The summed E-state index contributed by atoms with van der Waals surface area (Å²) in [5.74, 6) is 0.858. The molecular weight excluding hydrogens is 483 g/mol. The number of benzene rings is 2. The lowest BCUT2D eigenvalue weighted by Crippen LogP contribution is -2.42. The number of para-hydroxylation sites is 1. The van der Waals surface area contributed by atoms with Gasteiger partial charge in [-0.2, -0.15) is 0 Å². The topological polar surface area (TPSA) is 69.5 Å². The summed E-state index contributed by atoms with van der Waals surface area (Å²) in [5.41, 5.74) is 2.81. The van der Waals surface area contributed by atoms with Crippen LogP contribution < -0.4 is 4.74 Å². The Labute approximate surface area is 221 Å². The summed E-state index contributed by atoms with van der Waals surface area (Å²) in [6.45, 7) is 6.79. The lowest BCUT2D eigenvalue weighted by Gasteiger charge is -2.34. The molecule has 0 spiro atoms. The van der Waals surface area contributed by atoms with Crippen molar-refractivity contribution in [2.45, 2.75) is 45.3 Å². The van der Waals surface area contributed by atoms with E-state index in [2.05, 4.69) is 9.55 Å². The quantitative estimate of drug-likeness (QED) is 0.284. The summed E-state index contributed by atoms with van der Waals surface area (Å²) in [4.78, 5) is 23.5. The smallest absolute Gasteiger partial charge is 0.410 e. The number of aromatic nitrogens is 3. The Morgan fingerprint density at radius 3 is 2.34 bits per heavy atom. The minimum atomic E-state index is -0.531. The Balaban J connectivity index is 1.46. The van der Waals surface area contributed by atoms with Gasteiger partial charge in [0.25, 0.3) is 0 Å². The molecule has 5 rings (SSSR count). The van der Waals surface area contributed by atoms with E-state index in [0.717, 1.165) is 35.4 Å². The van der Waals surface area contributed by atoms with E-state index in [1.54, 1.807) is 23.2 Å². The Hall–Kier alpha value is -4.20. The number of hydrogen-bond acceptors (Lipinski definition) is 5. The van der Waals surface area contributed by atoms with Gasteiger partial charge in [0.15, 0.2) is 0 Å². The number of imidazole rings is 1. The fraction of sp³-hybridized carbons (Fsp3) is 0.300. The van der Waals surface area contributed by atoms with Gasteiger partial charge in [0.05, 0.1) is 17.7 Å². The Kier molecular flexibility index (Phi) is 7.13. The van der Waals surface area contributed by atoms with Crippen LogP contribution in [0.15, 0.2) is 79.3 Å². The molecule has 1 aliphatic rings. The van der Waals surface area contributed by atoms with E-state index in [1.807, 2.05) is 69.6 Å². The van der Waals surface area contributed by atoms with Crippen molar-refractivity contribution < 1.29 is 18.7 Å². The minimum Gasteiger partial charge on any atom is -0.444 e. The van der Waals surface area contributed by atoms with Crippen LogP contribution in [0.25, 0.3) is 22.5 Å². The zero-order chi connectivity index (χ0) is 26.7. The number of piperidine rings is 1. The number of likely N-dealkylation sites (tertiary alicyclic amines) is 1. The second kappa shape index (κ2) is 10.7. The maximum atomic E-state index is 13.7. The van der Waals surface area contributed by atoms with Crippen molar-refractivity contribution in [2.75, 3.05) is 13.1 Å². The number of halogens is 1. The molecule has 196 valence electrons. The van der Waals surface area contributed by atoms with E-state index in [1.165, 1.54) is 12.1 Å². The van der Waals surface area contributed by atoms with Crippen LogP contribution in [0.4, 0.5) is 9.18 Å². The molecule has 0 bridgehead atoms. The molecule has 1 aliphatic heterocycles. The number of hydrogen-bond donors (Lipinski definition) is 0. The highest BCUT2D eigenvalue weighted by Crippen LogP contribution is 2.37. The largest absolute Gasteiger partial charge is 0.444 e. The third-order valence-corrected chi connectivity index (χ3v) is 6.39. The highest BCUT2D eigenvalue weighted by Gasteiger charge is 2.29. The molecule has 4 aromatic rings. The van der Waals surface area contributed by atoms with Crippen molar-refractivity contribution in [1.82, 2.24) is 19.4 Å². The van der Waals surface area contributed by atoms with Gasteiger partial charge in [-0.3, -0.25) is 0 Å².